The molecule has 0 aromatic heterocycles. The van der Waals surface area contributed by atoms with Gasteiger partial charge in [0.05, 0.1) is 19.3 Å². The van der Waals surface area contributed by atoms with Crippen molar-refractivity contribution < 1.29 is 14.6 Å². The fourth-order valence-electron chi connectivity index (χ4n) is 2.46. The largest absolute Gasteiger partial charge is 0.393 e. The number of rotatable bonds is 6. The molecule has 18 heavy (non-hydrogen) atoms. The number of methoxy groups -OCH3 is 1. The number of aliphatic hydroxyl groups is 1. The summed E-state index contributed by atoms with van der Waals surface area (Å²) < 4.78 is 4.98. The first-order valence-electron chi connectivity index (χ1n) is 6.75. The van der Waals surface area contributed by atoms with Gasteiger partial charge in [-0.3, -0.25) is 9.69 Å². The maximum absolute atomic E-state index is 11.8. The molecule has 1 aliphatic rings. The molecule has 1 aliphatic heterocycles. The molecular weight excluding hydrogens is 232 g/mol. The summed E-state index contributed by atoms with van der Waals surface area (Å²) >= 11 is 0. The minimum absolute atomic E-state index is 0.0331. The van der Waals surface area contributed by atoms with Gasteiger partial charge in [0.25, 0.3) is 0 Å². The first-order valence-corrected chi connectivity index (χ1v) is 6.75. The van der Waals surface area contributed by atoms with Gasteiger partial charge in [-0.05, 0) is 25.7 Å². The predicted octanol–water partition coefficient (Wildman–Crippen LogP) is 0.230. The van der Waals surface area contributed by atoms with Crippen LogP contribution in [0.25, 0.3) is 0 Å². The number of carbonyl (C=O) groups is 1. The molecule has 0 aromatic rings. The van der Waals surface area contributed by atoms with E-state index in [1.165, 1.54) is 0 Å². The average molecular weight is 258 g/mol. The van der Waals surface area contributed by atoms with E-state index in [0.29, 0.717) is 19.1 Å². The van der Waals surface area contributed by atoms with Gasteiger partial charge < -0.3 is 15.2 Å². The van der Waals surface area contributed by atoms with Gasteiger partial charge in [-0.1, -0.05) is 6.92 Å². The Labute approximate surface area is 109 Å². The number of hydrogen-bond donors (Lipinski definition) is 2. The van der Waals surface area contributed by atoms with E-state index >= 15 is 0 Å². The summed E-state index contributed by atoms with van der Waals surface area (Å²) in [6.45, 7) is 6.56. The third-order valence-electron chi connectivity index (χ3n) is 3.49. The van der Waals surface area contributed by atoms with Crippen molar-refractivity contribution in [3.8, 4) is 0 Å². The number of hydrogen-bond acceptors (Lipinski definition) is 4. The van der Waals surface area contributed by atoms with Gasteiger partial charge in [0.15, 0.2) is 0 Å². The average Bonchev–Trinajstić information content (AvgIpc) is 2.31. The molecule has 1 rings (SSSR count). The van der Waals surface area contributed by atoms with Crippen molar-refractivity contribution in [2.45, 2.75) is 38.8 Å². The zero-order valence-electron chi connectivity index (χ0n) is 11.7. The summed E-state index contributed by atoms with van der Waals surface area (Å²) in [5.74, 6) is 0.328. The number of amides is 1. The lowest BCUT2D eigenvalue weighted by molar-refractivity contribution is -0.124. The van der Waals surface area contributed by atoms with E-state index in [9.17, 15) is 9.90 Å². The molecular formula is C13H26N2O3. The van der Waals surface area contributed by atoms with E-state index < -0.39 is 0 Å². The maximum atomic E-state index is 11.8. The molecule has 0 aliphatic carbocycles. The summed E-state index contributed by atoms with van der Waals surface area (Å²) in [6, 6.07) is 0.0415. The Balaban J connectivity index is 2.31. The Kier molecular flexibility index (Phi) is 6.60. The molecule has 0 bridgehead atoms. The third-order valence-corrected chi connectivity index (χ3v) is 3.49. The molecule has 1 fully saturated rings. The van der Waals surface area contributed by atoms with Crippen LogP contribution in [0.15, 0.2) is 0 Å². The zero-order valence-corrected chi connectivity index (χ0v) is 11.7. The first kappa shape index (κ1) is 15.4. The van der Waals surface area contributed by atoms with Crippen LogP contribution in [0.3, 0.4) is 0 Å². The minimum Gasteiger partial charge on any atom is -0.393 e. The lowest BCUT2D eigenvalue weighted by Crippen LogP contribution is -2.48. The topological polar surface area (TPSA) is 61.8 Å². The second-order valence-corrected chi connectivity index (χ2v) is 5.18. The van der Waals surface area contributed by atoms with Gasteiger partial charge >= 0.3 is 0 Å². The van der Waals surface area contributed by atoms with Crippen molar-refractivity contribution in [1.29, 1.82) is 0 Å². The Bertz CT molecular complexity index is 261. The predicted molar refractivity (Wildman–Crippen MR) is 70.3 cm³/mol. The summed E-state index contributed by atoms with van der Waals surface area (Å²) in [5.41, 5.74) is 0. The molecule has 0 saturated carbocycles. The van der Waals surface area contributed by atoms with E-state index in [1.807, 2.05) is 6.92 Å². The number of nitrogens with zero attached hydrogens (tertiary/aromatic N) is 1. The highest BCUT2D eigenvalue weighted by molar-refractivity contribution is 5.78. The van der Waals surface area contributed by atoms with E-state index in [1.54, 1.807) is 7.11 Å². The van der Waals surface area contributed by atoms with E-state index in [-0.39, 0.29) is 18.1 Å². The fourth-order valence-corrected chi connectivity index (χ4v) is 2.46. The molecule has 0 radical (unpaired) electrons. The number of likely N-dealkylation sites (tertiary alicyclic amines) is 1. The van der Waals surface area contributed by atoms with Crippen LogP contribution >= 0.6 is 0 Å². The number of carbonyl (C=O) groups excluding carboxylic acids is 1. The lowest BCUT2D eigenvalue weighted by Gasteiger charge is -2.35. The Morgan fingerprint density at radius 3 is 2.94 bits per heavy atom. The number of nitrogens with one attached hydrogen (secondary N) is 1. The summed E-state index contributed by atoms with van der Waals surface area (Å²) in [5, 5.41) is 12.7. The minimum atomic E-state index is -0.207. The van der Waals surface area contributed by atoms with Crippen LogP contribution in [0.1, 0.15) is 26.7 Å². The van der Waals surface area contributed by atoms with Crippen LogP contribution in [-0.4, -0.2) is 61.4 Å². The van der Waals surface area contributed by atoms with Gasteiger partial charge in [0.2, 0.25) is 5.91 Å². The molecule has 0 spiro atoms. The SMILES string of the molecule is CCC1CN(CC(=O)NC(C)COC)CCC1O. The van der Waals surface area contributed by atoms with E-state index in [0.717, 1.165) is 25.9 Å². The molecule has 2 N–H and O–H groups in total. The summed E-state index contributed by atoms with van der Waals surface area (Å²) in [7, 11) is 1.63. The molecule has 1 amide bonds. The third kappa shape index (κ3) is 4.92. The molecule has 1 heterocycles. The first-order chi connectivity index (χ1) is 8.56. The molecule has 5 nitrogen and oxygen atoms in total. The highest BCUT2D eigenvalue weighted by Crippen LogP contribution is 2.19. The van der Waals surface area contributed by atoms with Gasteiger partial charge in [-0.15, -0.1) is 0 Å². The number of piperidine rings is 1. The molecule has 0 aromatic carbocycles. The van der Waals surface area contributed by atoms with Gasteiger partial charge in [0, 0.05) is 26.2 Å². The second-order valence-electron chi connectivity index (χ2n) is 5.18. The summed E-state index contributed by atoms with van der Waals surface area (Å²) in [4.78, 5) is 13.9. The van der Waals surface area contributed by atoms with Crippen LogP contribution in [0.4, 0.5) is 0 Å². The molecule has 3 atom stereocenters. The highest BCUT2D eigenvalue weighted by Gasteiger charge is 2.27. The summed E-state index contributed by atoms with van der Waals surface area (Å²) in [6.07, 6.45) is 1.51. The molecule has 3 unspecified atom stereocenters. The second kappa shape index (κ2) is 7.71. The Morgan fingerprint density at radius 1 is 1.61 bits per heavy atom. The highest BCUT2D eigenvalue weighted by atomic mass is 16.5. The van der Waals surface area contributed by atoms with Crippen LogP contribution < -0.4 is 5.32 Å². The molecule has 106 valence electrons. The van der Waals surface area contributed by atoms with Crippen molar-refractivity contribution in [3.05, 3.63) is 0 Å². The number of aliphatic hydroxyl groups excluding tert-OH is 1. The van der Waals surface area contributed by atoms with Crippen molar-refractivity contribution in [2.75, 3.05) is 33.4 Å². The fraction of sp³-hybridized carbons (Fsp3) is 0.923. The van der Waals surface area contributed by atoms with E-state index in [2.05, 4.69) is 17.1 Å². The Morgan fingerprint density at radius 2 is 2.33 bits per heavy atom. The van der Waals surface area contributed by atoms with Crippen molar-refractivity contribution >= 4 is 5.91 Å². The van der Waals surface area contributed by atoms with Crippen LogP contribution in [0, 0.1) is 5.92 Å². The zero-order chi connectivity index (χ0) is 13.5. The molecule has 5 heteroatoms. The van der Waals surface area contributed by atoms with Crippen LogP contribution in [0.2, 0.25) is 0 Å². The normalized spacial score (nSPS) is 26.9. The molecule has 1 saturated heterocycles. The van der Waals surface area contributed by atoms with Crippen LogP contribution in [-0.2, 0) is 9.53 Å². The monoisotopic (exact) mass is 258 g/mol. The van der Waals surface area contributed by atoms with Gasteiger partial charge in [0.1, 0.15) is 0 Å². The maximum Gasteiger partial charge on any atom is 0.234 e. The smallest absolute Gasteiger partial charge is 0.234 e. The standard InChI is InChI=1S/C13H26N2O3/c1-4-11-7-15(6-5-12(11)16)8-13(17)14-10(2)9-18-3/h10-12,16H,4-9H2,1-3H3,(H,14,17). The van der Waals surface area contributed by atoms with Gasteiger partial charge in [-0.25, -0.2) is 0 Å². The van der Waals surface area contributed by atoms with E-state index in [4.69, 9.17) is 4.74 Å². The van der Waals surface area contributed by atoms with Crippen molar-refractivity contribution in [2.24, 2.45) is 5.92 Å². The Hall–Kier alpha value is -0.650. The quantitative estimate of drug-likeness (QED) is 0.716. The van der Waals surface area contributed by atoms with Crippen molar-refractivity contribution in [1.82, 2.24) is 10.2 Å². The van der Waals surface area contributed by atoms with Crippen molar-refractivity contribution in [3.63, 3.8) is 0 Å². The lowest BCUT2D eigenvalue weighted by atomic mass is 9.92. The van der Waals surface area contributed by atoms with Crippen LogP contribution in [0.5, 0.6) is 0 Å². The van der Waals surface area contributed by atoms with Gasteiger partial charge in [-0.2, -0.15) is 0 Å². The number of ether oxygens (including phenoxy) is 1.